The number of benzene rings is 2. The standard InChI is InChI=1S/C25H25FN2O2/c1-30-22-7-2-5-19(16-22)15-21-6-3-8-23(27-21)24-9-4-14-28(24)25(29)17-18-10-12-20(26)13-11-18/h2-3,5-8,10-13,16,24H,4,9,14-15,17H2,1H3/t24-/m0/s1. The topological polar surface area (TPSA) is 42.4 Å². The second kappa shape index (κ2) is 9.08. The van der Waals surface area contributed by atoms with Crippen molar-refractivity contribution in [3.8, 4) is 5.75 Å². The van der Waals surface area contributed by atoms with Gasteiger partial charge in [-0.2, -0.15) is 0 Å². The molecule has 2 aromatic carbocycles. The first-order valence-corrected chi connectivity index (χ1v) is 10.2. The summed E-state index contributed by atoms with van der Waals surface area (Å²) in [5.74, 6) is 0.600. The monoisotopic (exact) mass is 404 g/mol. The number of halogens is 1. The highest BCUT2D eigenvalue weighted by molar-refractivity contribution is 5.79. The molecule has 5 heteroatoms. The van der Waals surface area contributed by atoms with Crippen molar-refractivity contribution in [1.82, 2.24) is 9.88 Å². The first-order chi connectivity index (χ1) is 14.6. The van der Waals surface area contributed by atoms with E-state index in [4.69, 9.17) is 9.72 Å². The van der Waals surface area contributed by atoms with Crippen molar-refractivity contribution in [2.75, 3.05) is 13.7 Å². The molecule has 0 bridgehead atoms. The van der Waals surface area contributed by atoms with Gasteiger partial charge < -0.3 is 9.64 Å². The number of methoxy groups -OCH3 is 1. The summed E-state index contributed by atoms with van der Waals surface area (Å²) in [5.41, 5.74) is 3.86. The van der Waals surface area contributed by atoms with Gasteiger partial charge in [0.05, 0.1) is 25.3 Å². The van der Waals surface area contributed by atoms with E-state index in [1.807, 2.05) is 41.3 Å². The van der Waals surface area contributed by atoms with Crippen LogP contribution in [0.15, 0.2) is 66.7 Å². The second-order valence-electron chi connectivity index (χ2n) is 7.63. The Morgan fingerprint density at radius 1 is 1.10 bits per heavy atom. The van der Waals surface area contributed by atoms with Gasteiger partial charge >= 0.3 is 0 Å². The van der Waals surface area contributed by atoms with E-state index in [9.17, 15) is 9.18 Å². The highest BCUT2D eigenvalue weighted by Gasteiger charge is 2.30. The summed E-state index contributed by atoms with van der Waals surface area (Å²) in [6.45, 7) is 0.729. The highest BCUT2D eigenvalue weighted by Crippen LogP contribution is 2.31. The molecule has 1 aromatic heterocycles. The molecule has 0 radical (unpaired) electrons. The normalized spacial score (nSPS) is 15.9. The molecule has 0 N–H and O–H groups in total. The average molecular weight is 404 g/mol. The molecule has 0 aliphatic carbocycles. The number of pyridine rings is 1. The van der Waals surface area contributed by atoms with Crippen molar-refractivity contribution < 1.29 is 13.9 Å². The van der Waals surface area contributed by atoms with Crippen molar-refractivity contribution >= 4 is 5.91 Å². The zero-order valence-corrected chi connectivity index (χ0v) is 17.1. The van der Waals surface area contributed by atoms with Crippen molar-refractivity contribution in [1.29, 1.82) is 0 Å². The number of aromatic nitrogens is 1. The summed E-state index contributed by atoms with van der Waals surface area (Å²) in [6.07, 6.45) is 2.86. The van der Waals surface area contributed by atoms with Crippen LogP contribution < -0.4 is 4.74 Å². The van der Waals surface area contributed by atoms with Crippen molar-refractivity contribution in [2.45, 2.75) is 31.7 Å². The third-order valence-corrected chi connectivity index (χ3v) is 5.53. The molecule has 2 heterocycles. The Morgan fingerprint density at radius 2 is 1.90 bits per heavy atom. The lowest BCUT2D eigenvalue weighted by Crippen LogP contribution is -2.32. The van der Waals surface area contributed by atoms with Crippen LogP contribution >= 0.6 is 0 Å². The maximum Gasteiger partial charge on any atom is 0.227 e. The second-order valence-corrected chi connectivity index (χ2v) is 7.63. The first kappa shape index (κ1) is 20.1. The maximum absolute atomic E-state index is 13.1. The van der Waals surface area contributed by atoms with Crippen LogP contribution in [-0.4, -0.2) is 29.4 Å². The molecule has 1 fully saturated rings. The molecule has 1 aliphatic rings. The number of rotatable bonds is 6. The number of hydrogen-bond acceptors (Lipinski definition) is 3. The Bertz CT molecular complexity index is 1020. The molecule has 1 saturated heterocycles. The van der Waals surface area contributed by atoms with E-state index < -0.39 is 0 Å². The number of hydrogen-bond donors (Lipinski definition) is 0. The van der Waals surface area contributed by atoms with E-state index in [0.717, 1.165) is 47.7 Å². The number of amides is 1. The van der Waals surface area contributed by atoms with E-state index >= 15 is 0 Å². The molecule has 30 heavy (non-hydrogen) atoms. The molecule has 4 rings (SSSR count). The fourth-order valence-electron chi connectivity index (χ4n) is 4.02. The van der Waals surface area contributed by atoms with Crippen LogP contribution in [-0.2, 0) is 17.6 Å². The largest absolute Gasteiger partial charge is 0.497 e. The van der Waals surface area contributed by atoms with E-state index in [1.54, 1.807) is 19.2 Å². The summed E-state index contributed by atoms with van der Waals surface area (Å²) in [4.78, 5) is 19.7. The fraction of sp³-hybridized carbons (Fsp3) is 0.280. The SMILES string of the molecule is COc1cccc(Cc2cccc([C@@H]3CCCN3C(=O)Cc3ccc(F)cc3)n2)c1. The quantitative estimate of drug-likeness (QED) is 0.597. The number of likely N-dealkylation sites (tertiary alicyclic amines) is 1. The van der Waals surface area contributed by atoms with Crippen LogP contribution in [0.25, 0.3) is 0 Å². The molecule has 0 unspecified atom stereocenters. The lowest BCUT2D eigenvalue weighted by molar-refractivity contribution is -0.131. The molecule has 4 nitrogen and oxygen atoms in total. The van der Waals surface area contributed by atoms with Crippen LogP contribution in [0, 0.1) is 5.82 Å². The van der Waals surface area contributed by atoms with Gasteiger partial charge in [0.25, 0.3) is 0 Å². The number of nitrogens with zero attached hydrogens (tertiary/aromatic N) is 2. The molecular formula is C25H25FN2O2. The summed E-state index contributed by atoms with van der Waals surface area (Å²) in [6, 6.07) is 20.1. The number of carbonyl (C=O) groups is 1. The zero-order valence-electron chi connectivity index (χ0n) is 17.1. The van der Waals surface area contributed by atoms with Gasteiger partial charge in [-0.25, -0.2) is 4.39 Å². The zero-order chi connectivity index (χ0) is 20.9. The highest BCUT2D eigenvalue weighted by atomic mass is 19.1. The Balaban J connectivity index is 1.49. The fourth-order valence-corrected chi connectivity index (χ4v) is 4.02. The van der Waals surface area contributed by atoms with Gasteiger partial charge in [0, 0.05) is 18.7 Å². The molecule has 0 spiro atoms. The predicted octanol–water partition coefficient (Wildman–Crippen LogP) is 4.73. The van der Waals surface area contributed by atoms with Crippen LogP contribution in [0.3, 0.4) is 0 Å². The summed E-state index contributed by atoms with van der Waals surface area (Å²) in [7, 11) is 1.66. The van der Waals surface area contributed by atoms with Crippen molar-refractivity contribution in [2.24, 2.45) is 0 Å². The van der Waals surface area contributed by atoms with Crippen LogP contribution in [0.4, 0.5) is 4.39 Å². The predicted molar refractivity (Wildman–Crippen MR) is 114 cm³/mol. The van der Waals surface area contributed by atoms with Gasteiger partial charge in [-0.05, 0) is 60.4 Å². The third kappa shape index (κ3) is 4.67. The Morgan fingerprint density at radius 3 is 2.70 bits per heavy atom. The Hall–Kier alpha value is -3.21. The van der Waals surface area contributed by atoms with E-state index in [-0.39, 0.29) is 24.2 Å². The molecule has 0 saturated carbocycles. The molecule has 1 atom stereocenters. The van der Waals surface area contributed by atoms with Gasteiger partial charge in [0.2, 0.25) is 5.91 Å². The van der Waals surface area contributed by atoms with Gasteiger partial charge in [-0.15, -0.1) is 0 Å². The maximum atomic E-state index is 13.1. The van der Waals surface area contributed by atoms with E-state index in [0.29, 0.717) is 6.42 Å². The number of ether oxygens (including phenoxy) is 1. The van der Waals surface area contributed by atoms with E-state index in [1.165, 1.54) is 12.1 Å². The van der Waals surface area contributed by atoms with Crippen molar-refractivity contribution in [3.05, 3.63) is 95.1 Å². The Kier molecular flexibility index (Phi) is 6.07. The molecule has 1 amide bonds. The van der Waals surface area contributed by atoms with E-state index in [2.05, 4.69) is 6.07 Å². The van der Waals surface area contributed by atoms with Gasteiger partial charge in [0.1, 0.15) is 11.6 Å². The van der Waals surface area contributed by atoms with Crippen LogP contribution in [0.1, 0.15) is 41.4 Å². The summed E-state index contributed by atoms with van der Waals surface area (Å²) >= 11 is 0. The minimum Gasteiger partial charge on any atom is -0.497 e. The minimum absolute atomic E-state index is 0.0109. The number of carbonyl (C=O) groups excluding carboxylic acids is 1. The van der Waals surface area contributed by atoms with Crippen LogP contribution in [0.5, 0.6) is 5.75 Å². The average Bonchev–Trinajstić information content (AvgIpc) is 3.26. The minimum atomic E-state index is -0.290. The lowest BCUT2D eigenvalue weighted by atomic mass is 10.1. The van der Waals surface area contributed by atoms with Gasteiger partial charge in [-0.1, -0.05) is 30.3 Å². The Labute approximate surface area is 176 Å². The molecule has 1 aliphatic heterocycles. The molecule has 3 aromatic rings. The summed E-state index contributed by atoms with van der Waals surface area (Å²) in [5, 5.41) is 0. The third-order valence-electron chi connectivity index (χ3n) is 5.53. The molecular weight excluding hydrogens is 379 g/mol. The van der Waals surface area contributed by atoms with Crippen molar-refractivity contribution in [3.63, 3.8) is 0 Å². The first-order valence-electron chi connectivity index (χ1n) is 10.2. The smallest absolute Gasteiger partial charge is 0.227 e. The van der Waals surface area contributed by atoms with Gasteiger partial charge in [0.15, 0.2) is 0 Å². The van der Waals surface area contributed by atoms with Crippen LogP contribution in [0.2, 0.25) is 0 Å². The summed E-state index contributed by atoms with van der Waals surface area (Å²) < 4.78 is 18.4. The van der Waals surface area contributed by atoms with Gasteiger partial charge in [-0.3, -0.25) is 9.78 Å². The lowest BCUT2D eigenvalue weighted by Gasteiger charge is -2.25. The molecule has 154 valence electrons.